The summed E-state index contributed by atoms with van der Waals surface area (Å²) < 4.78 is 26.0. The largest absolute Gasteiger partial charge is 0.311 e. The van der Waals surface area contributed by atoms with Gasteiger partial charge in [0.1, 0.15) is 0 Å². The summed E-state index contributed by atoms with van der Waals surface area (Å²) in [6.45, 7) is 8.67. The molecule has 0 atom stereocenters. The van der Waals surface area contributed by atoms with Crippen molar-refractivity contribution in [3.63, 3.8) is 0 Å². The van der Waals surface area contributed by atoms with Gasteiger partial charge in [0.05, 0.1) is 6.54 Å². The molecule has 3 heteroatoms. The molecule has 86 valence electrons. The Balaban J connectivity index is 0.000000379. The van der Waals surface area contributed by atoms with Gasteiger partial charge in [0, 0.05) is 5.41 Å². The summed E-state index contributed by atoms with van der Waals surface area (Å²) in [6.07, 6.45) is 2.14. The monoisotopic (exact) mass is 207 g/mol. The van der Waals surface area contributed by atoms with Crippen molar-refractivity contribution in [1.82, 2.24) is 5.32 Å². The topological polar surface area (TPSA) is 12.0 Å². The summed E-state index contributed by atoms with van der Waals surface area (Å²) >= 11 is 0. The first-order chi connectivity index (χ1) is 6.66. The number of piperidine rings is 1. The molecule has 0 aromatic rings. The summed E-state index contributed by atoms with van der Waals surface area (Å²) in [6, 6.07) is 0. The third kappa shape index (κ3) is 2.66. The molecule has 0 aromatic carbocycles. The van der Waals surface area contributed by atoms with Crippen LogP contribution < -0.4 is 5.32 Å². The van der Waals surface area contributed by atoms with Gasteiger partial charge in [-0.25, -0.2) is 8.78 Å². The zero-order chi connectivity index (χ0) is 11.2. The van der Waals surface area contributed by atoms with Gasteiger partial charge in [-0.05, 0) is 25.8 Å². The molecule has 1 saturated carbocycles. The average Bonchev–Trinajstić information content (AvgIpc) is 2.99. The Kier molecular flexibility index (Phi) is 5.57. The molecular weight excluding hydrogens is 184 g/mol. The van der Waals surface area contributed by atoms with Crippen LogP contribution in [-0.2, 0) is 0 Å². The molecule has 1 heterocycles. The standard InChI is InChI=1S/C7H11F2N.2C2H6/c8-7(9)5-10-4-3-6(7)1-2-6;2*1-2/h10H,1-5H2;2*1-2H3. The van der Waals surface area contributed by atoms with Crippen LogP contribution >= 0.6 is 0 Å². The van der Waals surface area contributed by atoms with Crippen molar-refractivity contribution in [3.05, 3.63) is 0 Å². The Labute approximate surface area is 86.3 Å². The highest BCUT2D eigenvalue weighted by atomic mass is 19.3. The Bertz CT molecular complexity index is 147. The number of halogens is 2. The van der Waals surface area contributed by atoms with E-state index in [0.29, 0.717) is 6.42 Å². The second-order valence-electron chi connectivity index (χ2n) is 3.41. The summed E-state index contributed by atoms with van der Waals surface area (Å²) in [4.78, 5) is 0. The summed E-state index contributed by atoms with van der Waals surface area (Å²) in [5.41, 5.74) is -0.571. The second kappa shape index (κ2) is 5.64. The van der Waals surface area contributed by atoms with Crippen LogP contribution in [0.15, 0.2) is 0 Å². The van der Waals surface area contributed by atoms with E-state index in [2.05, 4.69) is 5.32 Å². The van der Waals surface area contributed by atoms with Crippen LogP contribution in [0.5, 0.6) is 0 Å². The van der Waals surface area contributed by atoms with Gasteiger partial charge in [-0.15, -0.1) is 0 Å². The van der Waals surface area contributed by atoms with Crippen LogP contribution in [0, 0.1) is 5.41 Å². The van der Waals surface area contributed by atoms with Crippen LogP contribution in [0.1, 0.15) is 47.0 Å². The molecule has 1 spiro atoms. The third-order valence-electron chi connectivity index (χ3n) is 2.76. The van der Waals surface area contributed by atoms with Gasteiger partial charge in [0.2, 0.25) is 0 Å². The molecule has 0 radical (unpaired) electrons. The SMILES string of the molecule is CC.CC.FC1(F)CNCCC12CC2. The van der Waals surface area contributed by atoms with Crippen molar-refractivity contribution in [2.75, 3.05) is 13.1 Å². The minimum absolute atomic E-state index is 0.104. The van der Waals surface area contributed by atoms with Gasteiger partial charge in [-0.3, -0.25) is 0 Å². The molecule has 1 nitrogen and oxygen atoms in total. The number of rotatable bonds is 0. The minimum atomic E-state index is -2.43. The average molecular weight is 207 g/mol. The quantitative estimate of drug-likeness (QED) is 0.641. The first kappa shape index (κ1) is 13.8. The van der Waals surface area contributed by atoms with Crippen molar-refractivity contribution in [2.45, 2.75) is 52.9 Å². The predicted molar refractivity (Wildman–Crippen MR) is 56.8 cm³/mol. The molecule has 1 N–H and O–H groups in total. The van der Waals surface area contributed by atoms with E-state index in [1.54, 1.807) is 0 Å². The first-order valence-corrected chi connectivity index (χ1v) is 5.75. The van der Waals surface area contributed by atoms with Crippen molar-refractivity contribution in [2.24, 2.45) is 5.41 Å². The van der Waals surface area contributed by atoms with Crippen LogP contribution in [0.2, 0.25) is 0 Å². The Morgan fingerprint density at radius 1 is 0.929 bits per heavy atom. The molecule has 2 rings (SSSR count). The Morgan fingerprint density at radius 3 is 1.71 bits per heavy atom. The van der Waals surface area contributed by atoms with Gasteiger partial charge >= 0.3 is 0 Å². The Hall–Kier alpha value is -0.180. The fourth-order valence-electron chi connectivity index (χ4n) is 1.71. The van der Waals surface area contributed by atoms with Crippen molar-refractivity contribution in [3.8, 4) is 0 Å². The molecule has 1 saturated heterocycles. The van der Waals surface area contributed by atoms with Crippen LogP contribution in [0.3, 0.4) is 0 Å². The lowest BCUT2D eigenvalue weighted by molar-refractivity contribution is -0.0878. The molecule has 0 unspecified atom stereocenters. The smallest absolute Gasteiger partial charge is 0.265 e. The molecule has 2 fully saturated rings. The van der Waals surface area contributed by atoms with E-state index in [1.165, 1.54) is 0 Å². The summed E-state index contributed by atoms with van der Waals surface area (Å²) in [5, 5.41) is 2.72. The van der Waals surface area contributed by atoms with Crippen molar-refractivity contribution >= 4 is 0 Å². The van der Waals surface area contributed by atoms with Crippen molar-refractivity contribution < 1.29 is 8.78 Å². The number of alkyl halides is 2. The fourth-order valence-corrected chi connectivity index (χ4v) is 1.71. The molecule has 0 bridgehead atoms. The maximum Gasteiger partial charge on any atom is 0.265 e. The predicted octanol–water partition coefficient (Wildman–Crippen LogP) is 3.45. The minimum Gasteiger partial charge on any atom is -0.311 e. The van der Waals surface area contributed by atoms with E-state index in [4.69, 9.17) is 0 Å². The summed E-state index contributed by atoms with van der Waals surface area (Å²) in [5.74, 6) is -2.43. The second-order valence-corrected chi connectivity index (χ2v) is 3.41. The highest BCUT2D eigenvalue weighted by Crippen LogP contribution is 2.59. The lowest BCUT2D eigenvalue weighted by Crippen LogP contribution is -2.47. The number of hydrogen-bond acceptors (Lipinski definition) is 1. The van der Waals surface area contributed by atoms with Gasteiger partial charge in [-0.1, -0.05) is 27.7 Å². The van der Waals surface area contributed by atoms with Crippen LogP contribution in [0.4, 0.5) is 8.78 Å². The third-order valence-corrected chi connectivity index (χ3v) is 2.76. The van der Waals surface area contributed by atoms with Gasteiger partial charge in [0.15, 0.2) is 0 Å². The van der Waals surface area contributed by atoms with E-state index < -0.39 is 11.3 Å². The highest BCUT2D eigenvalue weighted by Gasteiger charge is 2.62. The van der Waals surface area contributed by atoms with E-state index >= 15 is 0 Å². The maximum atomic E-state index is 13.0. The van der Waals surface area contributed by atoms with Gasteiger partial charge in [-0.2, -0.15) is 0 Å². The van der Waals surface area contributed by atoms with E-state index in [9.17, 15) is 8.78 Å². The zero-order valence-electron chi connectivity index (χ0n) is 9.79. The highest BCUT2D eigenvalue weighted by molar-refractivity contribution is 5.06. The zero-order valence-corrected chi connectivity index (χ0v) is 9.79. The van der Waals surface area contributed by atoms with E-state index in [-0.39, 0.29) is 6.54 Å². The Morgan fingerprint density at radius 2 is 1.43 bits per heavy atom. The molecular formula is C11H23F2N. The van der Waals surface area contributed by atoms with Crippen LogP contribution in [0.25, 0.3) is 0 Å². The fraction of sp³-hybridized carbons (Fsp3) is 1.00. The lowest BCUT2D eigenvalue weighted by Gasteiger charge is -2.31. The molecule has 0 aromatic heterocycles. The first-order valence-electron chi connectivity index (χ1n) is 5.75. The lowest BCUT2D eigenvalue weighted by atomic mass is 9.91. The van der Waals surface area contributed by atoms with Crippen LogP contribution in [-0.4, -0.2) is 19.0 Å². The van der Waals surface area contributed by atoms with Crippen molar-refractivity contribution in [1.29, 1.82) is 0 Å². The molecule has 0 amide bonds. The number of nitrogens with one attached hydrogen (secondary N) is 1. The van der Waals surface area contributed by atoms with Gasteiger partial charge < -0.3 is 5.32 Å². The maximum absolute atomic E-state index is 13.0. The van der Waals surface area contributed by atoms with E-state index in [1.807, 2.05) is 27.7 Å². The van der Waals surface area contributed by atoms with Gasteiger partial charge in [0.25, 0.3) is 5.92 Å². The normalized spacial score (nSPS) is 25.3. The summed E-state index contributed by atoms with van der Waals surface area (Å²) in [7, 11) is 0. The van der Waals surface area contributed by atoms with E-state index in [0.717, 1.165) is 19.4 Å². The molecule has 1 aliphatic carbocycles. The molecule has 1 aliphatic heterocycles. The molecule has 14 heavy (non-hydrogen) atoms. The number of hydrogen-bond donors (Lipinski definition) is 1. The molecule has 2 aliphatic rings.